The molecule has 0 N–H and O–H groups in total. The SMILES string of the molecule is CC1=NN(c2nc(-c3ccc(Br)cc3)cs2)C(=O)C1N=Nc1nccs1. The number of nitrogens with zero attached hydrogens (tertiary/aromatic N) is 6. The Hall–Kier alpha value is -2.30. The molecule has 0 bridgehead atoms. The van der Waals surface area contributed by atoms with E-state index in [0.29, 0.717) is 16.0 Å². The Bertz CT molecular complexity index is 996. The average molecular weight is 447 g/mol. The van der Waals surface area contributed by atoms with Crippen LogP contribution in [0.4, 0.5) is 10.3 Å². The van der Waals surface area contributed by atoms with Crippen LogP contribution in [0.1, 0.15) is 6.92 Å². The molecular formula is C16H11BrN6OS2. The highest BCUT2D eigenvalue weighted by molar-refractivity contribution is 9.10. The number of benzene rings is 1. The molecule has 0 aliphatic carbocycles. The quantitative estimate of drug-likeness (QED) is 0.533. The van der Waals surface area contributed by atoms with Crippen molar-refractivity contribution in [3.63, 3.8) is 0 Å². The third-order valence-corrected chi connectivity index (χ3v) is 5.59. The molecule has 1 amide bonds. The first-order valence-electron chi connectivity index (χ1n) is 7.53. The molecule has 0 spiro atoms. The molecule has 3 heterocycles. The van der Waals surface area contributed by atoms with Gasteiger partial charge in [-0.15, -0.1) is 27.8 Å². The first kappa shape index (κ1) is 17.1. The van der Waals surface area contributed by atoms with Gasteiger partial charge in [-0.2, -0.15) is 15.2 Å². The van der Waals surface area contributed by atoms with Gasteiger partial charge in [0.25, 0.3) is 5.91 Å². The lowest BCUT2D eigenvalue weighted by Gasteiger charge is -2.07. The topological polar surface area (TPSA) is 83.2 Å². The Labute approximate surface area is 165 Å². The zero-order valence-corrected chi connectivity index (χ0v) is 16.6. The summed E-state index contributed by atoms with van der Waals surface area (Å²) in [6, 6.07) is 7.10. The van der Waals surface area contributed by atoms with Gasteiger partial charge in [0.1, 0.15) is 0 Å². The van der Waals surface area contributed by atoms with Gasteiger partial charge in [-0.25, -0.2) is 9.97 Å². The Morgan fingerprint density at radius 1 is 1.23 bits per heavy atom. The molecular weight excluding hydrogens is 436 g/mol. The van der Waals surface area contributed by atoms with E-state index in [0.717, 1.165) is 15.7 Å². The number of hydrogen-bond acceptors (Lipinski definition) is 8. The molecule has 3 aromatic rings. The summed E-state index contributed by atoms with van der Waals surface area (Å²) < 4.78 is 1.00. The normalized spacial score (nSPS) is 17.3. The van der Waals surface area contributed by atoms with Gasteiger partial charge in [-0.3, -0.25) is 4.79 Å². The summed E-state index contributed by atoms with van der Waals surface area (Å²) >= 11 is 6.14. The molecule has 1 aromatic carbocycles. The molecule has 1 aliphatic rings. The van der Waals surface area contributed by atoms with Crippen molar-refractivity contribution >= 4 is 60.5 Å². The van der Waals surface area contributed by atoms with E-state index >= 15 is 0 Å². The summed E-state index contributed by atoms with van der Waals surface area (Å²) in [4.78, 5) is 21.2. The molecule has 0 radical (unpaired) electrons. The smallest absolute Gasteiger partial charge is 0.269 e. The summed E-state index contributed by atoms with van der Waals surface area (Å²) in [7, 11) is 0. The maximum atomic E-state index is 12.7. The predicted molar refractivity (Wildman–Crippen MR) is 106 cm³/mol. The summed E-state index contributed by atoms with van der Waals surface area (Å²) in [6.07, 6.45) is 1.64. The average Bonchev–Trinajstić information content (AvgIpc) is 3.36. The van der Waals surface area contributed by atoms with Gasteiger partial charge >= 0.3 is 0 Å². The fraction of sp³-hybridized carbons (Fsp3) is 0.125. The van der Waals surface area contributed by atoms with Crippen LogP contribution in [0, 0.1) is 0 Å². The Morgan fingerprint density at radius 2 is 2.04 bits per heavy atom. The minimum absolute atomic E-state index is 0.264. The fourth-order valence-electron chi connectivity index (χ4n) is 2.31. The van der Waals surface area contributed by atoms with Gasteiger partial charge in [-0.05, 0) is 19.1 Å². The number of aromatic nitrogens is 2. The summed E-state index contributed by atoms with van der Waals surface area (Å²) in [5, 5.41) is 18.5. The summed E-state index contributed by atoms with van der Waals surface area (Å²) in [5.41, 5.74) is 2.35. The van der Waals surface area contributed by atoms with E-state index in [1.807, 2.05) is 29.6 Å². The number of halogens is 1. The summed E-state index contributed by atoms with van der Waals surface area (Å²) in [5.74, 6) is -0.264. The van der Waals surface area contributed by atoms with Gasteiger partial charge in [0, 0.05) is 27.0 Å². The number of anilines is 1. The first-order valence-corrected chi connectivity index (χ1v) is 10.1. The van der Waals surface area contributed by atoms with Gasteiger partial charge in [-0.1, -0.05) is 28.1 Å². The highest BCUT2D eigenvalue weighted by atomic mass is 79.9. The second kappa shape index (κ2) is 7.14. The van der Waals surface area contributed by atoms with Crippen molar-refractivity contribution in [3.8, 4) is 11.3 Å². The van der Waals surface area contributed by atoms with E-state index in [1.54, 1.807) is 18.5 Å². The maximum absolute atomic E-state index is 12.7. The van der Waals surface area contributed by atoms with Crippen LogP contribution in [0.2, 0.25) is 0 Å². The molecule has 10 heteroatoms. The number of carbonyl (C=O) groups is 1. The van der Waals surface area contributed by atoms with Crippen LogP contribution in [0.5, 0.6) is 0 Å². The zero-order chi connectivity index (χ0) is 18.1. The van der Waals surface area contributed by atoms with E-state index in [1.165, 1.54) is 27.7 Å². The zero-order valence-electron chi connectivity index (χ0n) is 13.4. The summed E-state index contributed by atoms with van der Waals surface area (Å²) in [6.45, 7) is 1.76. The molecule has 1 aliphatic heterocycles. The third kappa shape index (κ3) is 3.35. The molecule has 2 aromatic heterocycles. The minimum atomic E-state index is -0.737. The molecule has 0 saturated carbocycles. The molecule has 0 fully saturated rings. The Kier molecular flexibility index (Phi) is 4.70. The molecule has 4 rings (SSSR count). The van der Waals surface area contributed by atoms with Crippen LogP contribution in [-0.4, -0.2) is 27.6 Å². The lowest BCUT2D eigenvalue weighted by atomic mass is 10.2. The largest absolute Gasteiger partial charge is 0.282 e. The molecule has 0 saturated heterocycles. The maximum Gasteiger partial charge on any atom is 0.282 e. The minimum Gasteiger partial charge on any atom is -0.269 e. The molecule has 1 unspecified atom stereocenters. The number of rotatable bonds is 4. The van der Waals surface area contributed by atoms with Crippen molar-refractivity contribution in [2.45, 2.75) is 13.0 Å². The monoisotopic (exact) mass is 446 g/mol. The fourth-order valence-corrected chi connectivity index (χ4v) is 3.82. The van der Waals surface area contributed by atoms with Crippen molar-refractivity contribution in [3.05, 3.63) is 45.7 Å². The lowest BCUT2D eigenvalue weighted by molar-refractivity contribution is -0.117. The molecule has 130 valence electrons. The second-order valence-electron chi connectivity index (χ2n) is 5.35. The third-order valence-electron chi connectivity index (χ3n) is 3.59. The van der Waals surface area contributed by atoms with Crippen LogP contribution in [0.15, 0.2) is 61.0 Å². The first-order chi connectivity index (χ1) is 12.6. The Balaban J connectivity index is 1.55. The molecule has 7 nitrogen and oxygen atoms in total. The highest BCUT2D eigenvalue weighted by Gasteiger charge is 2.36. The van der Waals surface area contributed by atoms with Crippen molar-refractivity contribution < 1.29 is 4.79 Å². The number of carbonyl (C=O) groups excluding carboxylic acids is 1. The number of amides is 1. The van der Waals surface area contributed by atoms with E-state index in [2.05, 4.69) is 41.2 Å². The van der Waals surface area contributed by atoms with Crippen LogP contribution in [0.3, 0.4) is 0 Å². The lowest BCUT2D eigenvalue weighted by Crippen LogP contribution is -2.29. The van der Waals surface area contributed by atoms with Gasteiger partial charge < -0.3 is 0 Å². The molecule has 26 heavy (non-hydrogen) atoms. The molecule has 1 atom stereocenters. The van der Waals surface area contributed by atoms with Crippen LogP contribution in [-0.2, 0) is 4.79 Å². The number of thiazole rings is 2. The number of hydrazone groups is 1. The second-order valence-corrected chi connectivity index (χ2v) is 7.97. The number of azo groups is 1. The van der Waals surface area contributed by atoms with Gasteiger partial charge in [0.15, 0.2) is 6.04 Å². The highest BCUT2D eigenvalue weighted by Crippen LogP contribution is 2.31. The van der Waals surface area contributed by atoms with Crippen molar-refractivity contribution in [2.24, 2.45) is 15.3 Å². The van der Waals surface area contributed by atoms with Crippen LogP contribution in [0.25, 0.3) is 11.3 Å². The van der Waals surface area contributed by atoms with E-state index in [9.17, 15) is 4.79 Å². The van der Waals surface area contributed by atoms with Crippen molar-refractivity contribution in [2.75, 3.05) is 5.01 Å². The van der Waals surface area contributed by atoms with E-state index in [4.69, 9.17) is 0 Å². The van der Waals surface area contributed by atoms with Crippen molar-refractivity contribution in [1.82, 2.24) is 9.97 Å². The van der Waals surface area contributed by atoms with E-state index in [-0.39, 0.29) is 5.91 Å². The van der Waals surface area contributed by atoms with Crippen LogP contribution >= 0.6 is 38.6 Å². The predicted octanol–water partition coefficient (Wildman–Crippen LogP) is 4.90. The van der Waals surface area contributed by atoms with Crippen LogP contribution < -0.4 is 5.01 Å². The van der Waals surface area contributed by atoms with Crippen molar-refractivity contribution in [1.29, 1.82) is 0 Å². The Morgan fingerprint density at radius 3 is 2.77 bits per heavy atom. The van der Waals surface area contributed by atoms with E-state index < -0.39 is 6.04 Å². The van der Waals surface area contributed by atoms with Gasteiger partial charge in [0.2, 0.25) is 10.3 Å². The number of hydrogen-bond donors (Lipinski definition) is 0. The van der Waals surface area contributed by atoms with Gasteiger partial charge in [0.05, 0.1) is 11.4 Å². The standard InChI is InChI=1S/C16H11BrN6OS2/c1-9-13(20-21-15-18-6-7-25-15)14(24)23(22-9)16-19-12(8-26-16)10-2-4-11(17)5-3-10/h2-8,13H,1H3.